The second-order valence-electron chi connectivity index (χ2n) is 5.71. The molecule has 0 unspecified atom stereocenters. The monoisotopic (exact) mass is 296 g/mol. The van der Waals surface area contributed by atoms with Gasteiger partial charge in [-0.1, -0.05) is 29.4 Å². The van der Waals surface area contributed by atoms with Crippen LogP contribution in [0.4, 0.5) is 0 Å². The Morgan fingerprint density at radius 3 is 2.45 bits per heavy atom. The van der Waals surface area contributed by atoms with Crippen molar-refractivity contribution in [1.29, 1.82) is 0 Å². The highest BCUT2D eigenvalue weighted by molar-refractivity contribution is 6.24. The van der Waals surface area contributed by atoms with Crippen LogP contribution in [0.25, 0.3) is 11.1 Å². The van der Waals surface area contributed by atoms with Gasteiger partial charge in [-0.3, -0.25) is 0 Å². The average molecular weight is 296 g/mol. The molecule has 0 aliphatic heterocycles. The van der Waals surface area contributed by atoms with Crippen molar-refractivity contribution in [3.63, 3.8) is 0 Å². The highest BCUT2D eigenvalue weighted by Gasteiger charge is 2.25. The lowest BCUT2D eigenvalue weighted by molar-refractivity contribution is 0.281. The van der Waals surface area contributed by atoms with Gasteiger partial charge in [0.15, 0.2) is 0 Å². The fourth-order valence-electron chi connectivity index (χ4n) is 2.79. The van der Waals surface area contributed by atoms with E-state index in [1.165, 1.54) is 0 Å². The van der Waals surface area contributed by atoms with E-state index in [0.717, 1.165) is 41.0 Å². The third-order valence-corrected chi connectivity index (χ3v) is 3.84. The normalized spacial score (nSPS) is 14.2. The van der Waals surface area contributed by atoms with Gasteiger partial charge in [-0.05, 0) is 49.8 Å². The molecule has 4 nitrogen and oxygen atoms in total. The van der Waals surface area contributed by atoms with Gasteiger partial charge in [0.05, 0.1) is 6.61 Å². The molecular formula is C18H20N2O2. The zero-order valence-electron chi connectivity index (χ0n) is 12.9. The van der Waals surface area contributed by atoms with Gasteiger partial charge >= 0.3 is 0 Å². The predicted octanol–water partition coefficient (Wildman–Crippen LogP) is 3.22. The van der Waals surface area contributed by atoms with Crippen LogP contribution in [0.3, 0.4) is 0 Å². The number of fused-ring (bicyclic) bond motifs is 3. The Balaban J connectivity index is 1.82. The molecule has 2 aromatic rings. The lowest BCUT2D eigenvalue weighted by Crippen LogP contribution is -2.15. The molecule has 0 heterocycles. The first kappa shape index (κ1) is 14.6. The molecule has 1 N–H and O–H groups in total. The first-order valence-electron chi connectivity index (χ1n) is 7.44. The first-order chi connectivity index (χ1) is 10.7. The van der Waals surface area contributed by atoms with Crippen molar-refractivity contribution >= 4 is 5.71 Å². The van der Waals surface area contributed by atoms with Crippen LogP contribution in [-0.4, -0.2) is 43.1 Å². The third kappa shape index (κ3) is 2.70. The minimum absolute atomic E-state index is 0.615. The van der Waals surface area contributed by atoms with E-state index < -0.39 is 0 Å². The smallest absolute Gasteiger partial charge is 0.120 e. The van der Waals surface area contributed by atoms with Crippen molar-refractivity contribution in [3.8, 4) is 16.9 Å². The van der Waals surface area contributed by atoms with E-state index in [9.17, 15) is 5.21 Å². The van der Waals surface area contributed by atoms with Gasteiger partial charge in [0, 0.05) is 17.7 Å². The molecule has 3 rings (SSSR count). The minimum Gasteiger partial charge on any atom is -0.494 e. The lowest BCUT2D eigenvalue weighted by Gasteiger charge is -2.11. The van der Waals surface area contributed by atoms with Crippen molar-refractivity contribution in [1.82, 2.24) is 4.90 Å². The van der Waals surface area contributed by atoms with Crippen LogP contribution in [0.5, 0.6) is 5.75 Å². The van der Waals surface area contributed by atoms with Gasteiger partial charge in [-0.2, -0.15) is 0 Å². The maximum atomic E-state index is 9.37. The van der Waals surface area contributed by atoms with Gasteiger partial charge in [-0.25, -0.2) is 0 Å². The summed E-state index contributed by atoms with van der Waals surface area (Å²) in [6.45, 7) is 1.68. The van der Waals surface area contributed by atoms with E-state index in [0.29, 0.717) is 12.3 Å². The molecule has 0 fully saturated rings. The highest BCUT2D eigenvalue weighted by atomic mass is 16.5. The van der Waals surface area contributed by atoms with Crippen molar-refractivity contribution in [2.45, 2.75) is 6.42 Å². The summed E-state index contributed by atoms with van der Waals surface area (Å²) in [6, 6.07) is 13.9. The van der Waals surface area contributed by atoms with Gasteiger partial charge in [0.2, 0.25) is 0 Å². The Bertz CT molecular complexity index is 708. The fourth-order valence-corrected chi connectivity index (χ4v) is 2.79. The summed E-state index contributed by atoms with van der Waals surface area (Å²) in [6.07, 6.45) is 0.977. The molecule has 0 amide bonds. The van der Waals surface area contributed by atoms with Gasteiger partial charge in [-0.15, -0.1) is 0 Å². The number of oxime groups is 1. The molecule has 0 spiro atoms. The Morgan fingerprint density at radius 2 is 1.73 bits per heavy atom. The summed E-state index contributed by atoms with van der Waals surface area (Å²) < 4.78 is 5.81. The van der Waals surface area contributed by atoms with Crippen molar-refractivity contribution in [3.05, 3.63) is 53.6 Å². The van der Waals surface area contributed by atoms with E-state index in [4.69, 9.17) is 4.74 Å². The second kappa shape index (κ2) is 6.20. The predicted molar refractivity (Wildman–Crippen MR) is 88.0 cm³/mol. The maximum absolute atomic E-state index is 9.37. The molecular weight excluding hydrogens is 276 g/mol. The number of nitrogens with zero attached hydrogens (tertiary/aromatic N) is 2. The average Bonchev–Trinajstić information content (AvgIpc) is 2.84. The van der Waals surface area contributed by atoms with E-state index in [-0.39, 0.29) is 0 Å². The van der Waals surface area contributed by atoms with Gasteiger partial charge < -0.3 is 14.8 Å². The van der Waals surface area contributed by atoms with Crippen LogP contribution in [0.15, 0.2) is 47.6 Å². The molecule has 1 aliphatic rings. The van der Waals surface area contributed by atoms with Crippen LogP contribution in [0.2, 0.25) is 0 Å². The summed E-state index contributed by atoms with van der Waals surface area (Å²) in [5.74, 6) is 0.812. The summed E-state index contributed by atoms with van der Waals surface area (Å²) in [7, 11) is 4.10. The molecule has 0 bridgehead atoms. The Kier molecular flexibility index (Phi) is 4.11. The third-order valence-electron chi connectivity index (χ3n) is 3.84. The van der Waals surface area contributed by atoms with Crippen molar-refractivity contribution in [2.24, 2.45) is 5.16 Å². The molecule has 4 heteroatoms. The van der Waals surface area contributed by atoms with E-state index in [1.807, 2.05) is 42.5 Å². The molecule has 0 saturated carbocycles. The topological polar surface area (TPSA) is 45.1 Å². The van der Waals surface area contributed by atoms with E-state index in [2.05, 4.69) is 24.2 Å². The standard InChI is InChI=1S/C18H20N2O2/c1-20(2)10-5-11-22-13-8-9-15-14-6-3-4-7-16(14)18(19-21)17(15)12-13/h3-4,6-9,12,21H,5,10-11H2,1-2H3/b19-18+. The van der Waals surface area contributed by atoms with Crippen LogP contribution in [0.1, 0.15) is 17.5 Å². The number of rotatable bonds is 5. The van der Waals surface area contributed by atoms with E-state index >= 15 is 0 Å². The van der Waals surface area contributed by atoms with E-state index in [1.54, 1.807) is 0 Å². The van der Waals surface area contributed by atoms with Gasteiger partial charge in [0.1, 0.15) is 11.5 Å². The Hall–Kier alpha value is -2.33. The number of hydrogen-bond donors (Lipinski definition) is 1. The Morgan fingerprint density at radius 1 is 1.00 bits per heavy atom. The van der Waals surface area contributed by atoms with Gasteiger partial charge in [0.25, 0.3) is 0 Å². The Labute approximate surface area is 130 Å². The lowest BCUT2D eigenvalue weighted by atomic mass is 10.1. The minimum atomic E-state index is 0.615. The molecule has 114 valence electrons. The summed E-state index contributed by atoms with van der Waals surface area (Å²) >= 11 is 0. The molecule has 2 aromatic carbocycles. The molecule has 1 aliphatic carbocycles. The SMILES string of the molecule is CN(C)CCCOc1ccc2c(c1)/C(=N/O)c1ccccc1-2. The number of hydrogen-bond acceptors (Lipinski definition) is 4. The van der Waals surface area contributed by atoms with Crippen LogP contribution in [0, 0.1) is 0 Å². The van der Waals surface area contributed by atoms with Crippen LogP contribution >= 0.6 is 0 Å². The molecule has 22 heavy (non-hydrogen) atoms. The van der Waals surface area contributed by atoms with Crippen molar-refractivity contribution in [2.75, 3.05) is 27.2 Å². The summed E-state index contributed by atoms with van der Waals surface area (Å²) in [5, 5.41) is 12.9. The summed E-state index contributed by atoms with van der Waals surface area (Å²) in [4.78, 5) is 2.14. The number of ether oxygens (including phenoxy) is 1. The molecule has 0 radical (unpaired) electrons. The van der Waals surface area contributed by atoms with Crippen LogP contribution < -0.4 is 4.74 Å². The zero-order valence-corrected chi connectivity index (χ0v) is 12.9. The quantitative estimate of drug-likeness (QED) is 0.447. The largest absolute Gasteiger partial charge is 0.494 e. The second-order valence-corrected chi connectivity index (χ2v) is 5.71. The summed E-state index contributed by atoms with van der Waals surface area (Å²) in [5.41, 5.74) is 4.69. The molecule has 0 aromatic heterocycles. The molecule has 0 atom stereocenters. The zero-order chi connectivity index (χ0) is 15.5. The molecule has 0 saturated heterocycles. The van der Waals surface area contributed by atoms with Crippen LogP contribution in [-0.2, 0) is 0 Å². The highest BCUT2D eigenvalue weighted by Crippen LogP contribution is 2.38. The first-order valence-corrected chi connectivity index (χ1v) is 7.44. The number of benzene rings is 2. The fraction of sp³-hybridized carbons (Fsp3) is 0.278. The maximum Gasteiger partial charge on any atom is 0.120 e. The van der Waals surface area contributed by atoms with Crippen molar-refractivity contribution < 1.29 is 9.94 Å².